The monoisotopic (exact) mass is 250 g/mol. The zero-order valence-electron chi connectivity index (χ0n) is 12.4. The summed E-state index contributed by atoms with van der Waals surface area (Å²) in [6.45, 7) is 11.9. The van der Waals surface area contributed by atoms with Crippen LogP contribution in [0, 0.1) is 5.41 Å². The second-order valence-electron chi connectivity index (χ2n) is 5.18. The van der Waals surface area contributed by atoms with E-state index < -0.39 is 11.4 Å². The molecule has 1 N–H and O–H groups in total. The number of hydrogen-bond acceptors (Lipinski definition) is 1. The molecule has 1 atom stereocenters. The largest absolute Gasteiger partial charge is 0.481 e. The van der Waals surface area contributed by atoms with Gasteiger partial charge < -0.3 is 5.11 Å². The van der Waals surface area contributed by atoms with Crippen LogP contribution < -0.4 is 0 Å². The van der Waals surface area contributed by atoms with Gasteiger partial charge in [-0.2, -0.15) is 0 Å². The van der Waals surface area contributed by atoms with Crippen LogP contribution in [0.5, 0.6) is 0 Å². The Morgan fingerprint density at radius 1 is 1.11 bits per heavy atom. The van der Waals surface area contributed by atoms with E-state index in [1.54, 1.807) is 0 Å². The minimum Gasteiger partial charge on any atom is -0.481 e. The number of carbonyl (C=O) groups is 1. The number of carboxylic acids is 1. The lowest BCUT2D eigenvalue weighted by Gasteiger charge is -2.41. The Bertz CT molecular complexity index is 362. The van der Waals surface area contributed by atoms with Crippen molar-refractivity contribution in [3.8, 4) is 0 Å². The molecular formula is C16H26O2. The highest BCUT2D eigenvalue weighted by Gasteiger charge is 2.48. The quantitative estimate of drug-likeness (QED) is 0.858. The van der Waals surface area contributed by atoms with Crippen molar-refractivity contribution in [1.29, 1.82) is 0 Å². The van der Waals surface area contributed by atoms with Crippen molar-refractivity contribution >= 4 is 5.97 Å². The highest BCUT2D eigenvalue weighted by molar-refractivity contribution is 5.82. The second kappa shape index (κ2) is 6.58. The molecule has 0 heterocycles. The smallest absolute Gasteiger partial charge is 0.314 e. The normalized spacial score (nSPS) is 14.1. The van der Waals surface area contributed by atoms with Crippen LogP contribution in [0.1, 0.15) is 53.5 Å². The molecule has 18 heavy (non-hydrogen) atoms. The standard InChI is InChI=1S/C14H20O2.C2H6/c1-5-14(12(15)16,13(2,3)4)11-9-7-6-8-10-11;1-2/h6-10H,5H2,1-4H3,(H,15,16);1-2H3. The Hall–Kier alpha value is -1.31. The summed E-state index contributed by atoms with van der Waals surface area (Å²) >= 11 is 0. The van der Waals surface area contributed by atoms with Gasteiger partial charge in [-0.05, 0) is 17.4 Å². The van der Waals surface area contributed by atoms with Crippen molar-refractivity contribution in [3.05, 3.63) is 35.9 Å². The van der Waals surface area contributed by atoms with Gasteiger partial charge in [0.05, 0.1) is 5.41 Å². The molecule has 0 aliphatic heterocycles. The number of carboxylic acid groups (broad SMARTS) is 1. The van der Waals surface area contributed by atoms with Crippen LogP contribution in [-0.4, -0.2) is 11.1 Å². The molecule has 1 rings (SSSR count). The first kappa shape index (κ1) is 16.7. The Morgan fingerprint density at radius 3 is 1.83 bits per heavy atom. The van der Waals surface area contributed by atoms with Crippen LogP contribution >= 0.6 is 0 Å². The Kier molecular flexibility index (Phi) is 6.10. The molecule has 1 aromatic carbocycles. The molecule has 0 aliphatic rings. The van der Waals surface area contributed by atoms with Gasteiger partial charge in [0, 0.05) is 0 Å². The van der Waals surface area contributed by atoms with E-state index in [1.165, 1.54) is 0 Å². The molecule has 2 heteroatoms. The lowest BCUT2D eigenvalue weighted by Crippen LogP contribution is -2.46. The lowest BCUT2D eigenvalue weighted by molar-refractivity contribution is -0.148. The molecule has 0 aliphatic carbocycles. The van der Waals surface area contributed by atoms with E-state index in [-0.39, 0.29) is 5.41 Å². The minimum absolute atomic E-state index is 0.311. The summed E-state index contributed by atoms with van der Waals surface area (Å²) in [5.41, 5.74) is -0.235. The summed E-state index contributed by atoms with van der Waals surface area (Å²) in [5.74, 6) is -0.742. The van der Waals surface area contributed by atoms with Gasteiger partial charge in [-0.1, -0.05) is 71.9 Å². The van der Waals surface area contributed by atoms with Gasteiger partial charge in [-0.15, -0.1) is 0 Å². The number of rotatable bonds is 3. The maximum atomic E-state index is 11.7. The Labute approximate surface area is 111 Å². The number of hydrogen-bond donors (Lipinski definition) is 1. The van der Waals surface area contributed by atoms with Crippen molar-refractivity contribution in [2.45, 2.75) is 53.4 Å². The highest BCUT2D eigenvalue weighted by atomic mass is 16.4. The molecule has 0 spiro atoms. The predicted octanol–water partition coefficient (Wildman–Crippen LogP) is 4.49. The first-order valence-electron chi connectivity index (χ1n) is 6.65. The fraction of sp³-hybridized carbons (Fsp3) is 0.562. The van der Waals surface area contributed by atoms with Gasteiger partial charge in [0.25, 0.3) is 0 Å². The summed E-state index contributed by atoms with van der Waals surface area (Å²) in [6, 6.07) is 9.52. The van der Waals surface area contributed by atoms with Crippen molar-refractivity contribution in [2.75, 3.05) is 0 Å². The van der Waals surface area contributed by atoms with E-state index >= 15 is 0 Å². The fourth-order valence-electron chi connectivity index (χ4n) is 2.49. The van der Waals surface area contributed by atoms with Crippen LogP contribution in [0.4, 0.5) is 0 Å². The minimum atomic E-state index is -0.811. The van der Waals surface area contributed by atoms with E-state index in [1.807, 2.05) is 71.9 Å². The molecule has 0 radical (unpaired) electrons. The zero-order chi connectivity index (χ0) is 14.4. The average Bonchev–Trinajstić information content (AvgIpc) is 2.32. The van der Waals surface area contributed by atoms with E-state index in [0.717, 1.165) is 5.56 Å². The molecular weight excluding hydrogens is 224 g/mol. The van der Waals surface area contributed by atoms with E-state index in [0.29, 0.717) is 6.42 Å². The van der Waals surface area contributed by atoms with Gasteiger partial charge in [-0.3, -0.25) is 4.79 Å². The molecule has 2 nitrogen and oxygen atoms in total. The molecule has 0 fully saturated rings. The van der Waals surface area contributed by atoms with Crippen LogP contribution in [0.15, 0.2) is 30.3 Å². The van der Waals surface area contributed by atoms with Gasteiger partial charge >= 0.3 is 5.97 Å². The first-order valence-corrected chi connectivity index (χ1v) is 6.65. The van der Waals surface area contributed by atoms with E-state index in [4.69, 9.17) is 0 Å². The molecule has 0 amide bonds. The third-order valence-corrected chi connectivity index (χ3v) is 3.44. The second-order valence-corrected chi connectivity index (χ2v) is 5.18. The summed E-state index contributed by atoms with van der Waals surface area (Å²) in [7, 11) is 0. The third-order valence-electron chi connectivity index (χ3n) is 3.44. The van der Waals surface area contributed by atoms with Crippen molar-refractivity contribution in [1.82, 2.24) is 0 Å². The number of aliphatic carboxylic acids is 1. The van der Waals surface area contributed by atoms with Crippen molar-refractivity contribution in [3.63, 3.8) is 0 Å². The average molecular weight is 250 g/mol. The predicted molar refractivity (Wildman–Crippen MR) is 76.8 cm³/mol. The molecule has 0 bridgehead atoms. The molecule has 1 aromatic rings. The van der Waals surface area contributed by atoms with Crippen molar-refractivity contribution in [2.24, 2.45) is 5.41 Å². The highest BCUT2D eigenvalue weighted by Crippen LogP contribution is 2.44. The molecule has 102 valence electrons. The van der Waals surface area contributed by atoms with Gasteiger partial charge in [0.15, 0.2) is 0 Å². The molecule has 0 saturated heterocycles. The Morgan fingerprint density at radius 2 is 1.56 bits per heavy atom. The SMILES string of the molecule is CC.CCC(C(=O)O)(c1ccccc1)C(C)(C)C. The maximum absolute atomic E-state index is 11.7. The van der Waals surface area contributed by atoms with Crippen LogP contribution in [0.2, 0.25) is 0 Å². The van der Waals surface area contributed by atoms with Crippen LogP contribution in [0.25, 0.3) is 0 Å². The lowest BCUT2D eigenvalue weighted by atomic mass is 9.61. The van der Waals surface area contributed by atoms with Crippen LogP contribution in [0.3, 0.4) is 0 Å². The third kappa shape index (κ3) is 2.92. The van der Waals surface area contributed by atoms with Gasteiger partial charge in [0.2, 0.25) is 0 Å². The summed E-state index contributed by atoms with van der Waals surface area (Å²) in [5, 5.41) is 9.61. The topological polar surface area (TPSA) is 37.3 Å². The number of benzene rings is 1. The summed E-state index contributed by atoms with van der Waals surface area (Å²) < 4.78 is 0. The summed E-state index contributed by atoms with van der Waals surface area (Å²) in [4.78, 5) is 11.7. The fourth-order valence-corrected chi connectivity index (χ4v) is 2.49. The molecule has 1 unspecified atom stereocenters. The first-order chi connectivity index (χ1) is 8.36. The van der Waals surface area contributed by atoms with E-state index in [9.17, 15) is 9.90 Å². The Balaban J connectivity index is 0.00000137. The van der Waals surface area contributed by atoms with E-state index in [2.05, 4.69) is 0 Å². The molecule has 0 aromatic heterocycles. The molecule has 0 saturated carbocycles. The van der Waals surface area contributed by atoms with Gasteiger partial charge in [-0.25, -0.2) is 0 Å². The maximum Gasteiger partial charge on any atom is 0.314 e. The zero-order valence-corrected chi connectivity index (χ0v) is 12.4. The van der Waals surface area contributed by atoms with Crippen molar-refractivity contribution < 1.29 is 9.90 Å². The van der Waals surface area contributed by atoms with Gasteiger partial charge in [0.1, 0.15) is 0 Å². The summed E-state index contributed by atoms with van der Waals surface area (Å²) in [6.07, 6.45) is 0.593. The van der Waals surface area contributed by atoms with Crippen LogP contribution in [-0.2, 0) is 10.2 Å².